The Hall–Kier alpha value is -2.41. The molecule has 0 aliphatic carbocycles. The molecule has 29 heavy (non-hydrogen) atoms. The van der Waals surface area contributed by atoms with Gasteiger partial charge in [-0.05, 0) is 23.8 Å². The van der Waals surface area contributed by atoms with Crippen LogP contribution in [-0.4, -0.2) is 17.9 Å². The van der Waals surface area contributed by atoms with Gasteiger partial charge in [0.25, 0.3) is 6.43 Å². The topological polar surface area (TPSA) is 3.24 Å². The zero-order valence-electron chi connectivity index (χ0n) is 15.8. The van der Waals surface area contributed by atoms with Crippen molar-refractivity contribution in [3.05, 3.63) is 93.9 Å². The molecule has 0 fully saturated rings. The van der Waals surface area contributed by atoms with Crippen LogP contribution in [0.4, 0.5) is 22.0 Å². The maximum Gasteiger partial charge on any atom is 0.256 e. The van der Waals surface area contributed by atoms with Gasteiger partial charge in [-0.3, -0.25) is 0 Å². The Morgan fingerprint density at radius 2 is 1.55 bits per heavy atom. The van der Waals surface area contributed by atoms with Gasteiger partial charge >= 0.3 is 0 Å². The fourth-order valence-corrected chi connectivity index (χ4v) is 3.30. The second-order valence-electron chi connectivity index (χ2n) is 5.81. The summed E-state index contributed by atoms with van der Waals surface area (Å²) in [5.74, 6) is -2.78. The number of benzene rings is 2. The molecule has 0 saturated heterocycles. The molecule has 0 unspecified atom stereocenters. The van der Waals surface area contributed by atoms with Crippen molar-refractivity contribution in [3.8, 4) is 0 Å². The molecule has 3 rings (SSSR count). The van der Waals surface area contributed by atoms with E-state index >= 15 is 0 Å². The fourth-order valence-electron chi connectivity index (χ4n) is 2.90. The number of hydrogen-bond donors (Lipinski definition) is 0. The number of allylic oxidation sites excluding steroid dienone is 3. The van der Waals surface area contributed by atoms with Crippen LogP contribution in [0.3, 0.4) is 0 Å². The molecule has 0 spiro atoms. The predicted octanol–water partition coefficient (Wildman–Crippen LogP) is 7.57. The Labute approximate surface area is 175 Å². The van der Waals surface area contributed by atoms with Crippen molar-refractivity contribution >= 4 is 27.2 Å². The van der Waals surface area contributed by atoms with Gasteiger partial charge in [0, 0.05) is 10.0 Å². The maximum absolute atomic E-state index is 14.7. The average Bonchev–Trinajstić information content (AvgIpc) is 2.68. The van der Waals surface area contributed by atoms with Crippen molar-refractivity contribution in [2.45, 2.75) is 20.3 Å². The quantitative estimate of drug-likeness (QED) is 0.415. The highest BCUT2D eigenvalue weighted by molar-refractivity contribution is 9.10. The van der Waals surface area contributed by atoms with Gasteiger partial charge in [0.05, 0.1) is 23.5 Å². The van der Waals surface area contributed by atoms with Gasteiger partial charge in [0.1, 0.15) is 17.5 Å². The summed E-state index contributed by atoms with van der Waals surface area (Å²) in [5.41, 5.74) is -0.595. The first kappa shape index (κ1) is 22.9. The van der Waals surface area contributed by atoms with Crippen LogP contribution in [0.2, 0.25) is 0 Å². The number of rotatable bonds is 4. The van der Waals surface area contributed by atoms with Gasteiger partial charge in [-0.25, -0.2) is 22.0 Å². The lowest BCUT2D eigenvalue weighted by molar-refractivity contribution is 0.122. The Balaban J connectivity index is 0.00000145. The minimum Gasteiger partial charge on any atom is -0.333 e. The number of hydrogen-bond acceptors (Lipinski definition) is 1. The van der Waals surface area contributed by atoms with Crippen LogP contribution in [0.15, 0.2) is 71.1 Å². The first-order chi connectivity index (χ1) is 13.8. The van der Waals surface area contributed by atoms with Crippen LogP contribution in [0.1, 0.15) is 25.0 Å². The largest absolute Gasteiger partial charge is 0.333 e. The lowest BCUT2D eigenvalue weighted by Crippen LogP contribution is -2.30. The molecule has 0 bridgehead atoms. The van der Waals surface area contributed by atoms with Crippen molar-refractivity contribution in [2.24, 2.45) is 0 Å². The highest BCUT2D eigenvalue weighted by Gasteiger charge is 2.32. The minimum absolute atomic E-state index is 0.0845. The summed E-state index contributed by atoms with van der Waals surface area (Å²) < 4.78 is 70.2. The summed E-state index contributed by atoms with van der Waals surface area (Å²) in [7, 11) is 0. The third-order valence-corrected chi connectivity index (χ3v) is 4.50. The molecule has 0 aromatic heterocycles. The van der Waals surface area contributed by atoms with E-state index in [4.69, 9.17) is 0 Å². The van der Waals surface area contributed by atoms with E-state index in [2.05, 4.69) is 22.5 Å². The summed E-state index contributed by atoms with van der Waals surface area (Å²) in [5, 5.41) is 0. The maximum atomic E-state index is 14.7. The summed E-state index contributed by atoms with van der Waals surface area (Å²) >= 11 is 2.99. The van der Waals surface area contributed by atoms with E-state index in [1.54, 1.807) is 30.3 Å². The van der Waals surface area contributed by atoms with Gasteiger partial charge in [0.2, 0.25) is 0 Å². The SMILES string of the molecule is C=C1C(F)=CC(c2ccccc2)=C(c2c(F)cc(Br)cc2F)N1CC(F)F.CC. The third kappa shape index (κ3) is 4.96. The van der Waals surface area contributed by atoms with Gasteiger partial charge in [0.15, 0.2) is 0 Å². The van der Waals surface area contributed by atoms with Crippen LogP contribution < -0.4 is 0 Å². The lowest BCUT2D eigenvalue weighted by Gasteiger charge is -2.33. The second kappa shape index (κ2) is 9.87. The van der Waals surface area contributed by atoms with Crippen LogP contribution in [0.25, 0.3) is 11.3 Å². The van der Waals surface area contributed by atoms with E-state index in [0.717, 1.165) is 23.1 Å². The molecular weight excluding hydrogens is 453 g/mol. The van der Waals surface area contributed by atoms with Crippen molar-refractivity contribution in [1.82, 2.24) is 4.90 Å². The van der Waals surface area contributed by atoms with E-state index in [1.807, 2.05) is 13.8 Å². The Bertz CT molecular complexity index is 928. The molecule has 7 heteroatoms. The Kier molecular flexibility index (Phi) is 7.79. The predicted molar refractivity (Wildman–Crippen MR) is 110 cm³/mol. The molecule has 0 radical (unpaired) electrons. The first-order valence-corrected chi connectivity index (χ1v) is 9.65. The molecule has 0 saturated carbocycles. The molecule has 0 N–H and O–H groups in total. The zero-order chi connectivity index (χ0) is 21.7. The van der Waals surface area contributed by atoms with Crippen molar-refractivity contribution in [2.75, 3.05) is 6.54 Å². The normalized spacial score (nSPS) is 14.0. The molecule has 1 aliphatic rings. The van der Waals surface area contributed by atoms with E-state index in [1.165, 1.54) is 0 Å². The van der Waals surface area contributed by atoms with Crippen LogP contribution in [-0.2, 0) is 0 Å². The van der Waals surface area contributed by atoms with Crippen LogP contribution in [0, 0.1) is 11.6 Å². The molecular formula is C22H19BrF5N. The molecule has 1 nitrogen and oxygen atoms in total. The molecule has 2 aromatic rings. The van der Waals surface area contributed by atoms with Gasteiger partial charge in [-0.15, -0.1) is 0 Å². The van der Waals surface area contributed by atoms with Gasteiger partial charge in [-0.2, -0.15) is 0 Å². The van der Waals surface area contributed by atoms with E-state index < -0.39 is 36.0 Å². The first-order valence-electron chi connectivity index (χ1n) is 8.86. The zero-order valence-corrected chi connectivity index (χ0v) is 17.4. The molecule has 1 aliphatic heterocycles. The summed E-state index contributed by atoms with van der Waals surface area (Å²) in [4.78, 5) is 0.817. The van der Waals surface area contributed by atoms with Gasteiger partial charge in [-0.1, -0.05) is 66.7 Å². The van der Waals surface area contributed by atoms with Crippen molar-refractivity contribution < 1.29 is 22.0 Å². The minimum atomic E-state index is -2.87. The Morgan fingerprint density at radius 1 is 1.00 bits per heavy atom. The Morgan fingerprint density at radius 3 is 2.07 bits per heavy atom. The monoisotopic (exact) mass is 471 g/mol. The smallest absolute Gasteiger partial charge is 0.256 e. The molecule has 0 amide bonds. The highest BCUT2D eigenvalue weighted by atomic mass is 79.9. The molecule has 154 valence electrons. The molecule has 2 aromatic carbocycles. The molecule has 1 heterocycles. The molecule has 0 atom stereocenters. The average molecular weight is 472 g/mol. The number of nitrogens with zero attached hydrogens (tertiary/aromatic N) is 1. The van der Waals surface area contributed by atoms with Crippen molar-refractivity contribution in [1.29, 1.82) is 0 Å². The number of halogens is 6. The standard InChI is InChI=1S/C20H13BrF5N.C2H6/c1-11-15(22)9-14(12-5-3-2-4-6-12)20(27(11)10-18(25)26)19-16(23)7-13(21)8-17(19)24;1-2/h2-9,18H,1,10H2;1-2H3. The lowest BCUT2D eigenvalue weighted by atomic mass is 9.94. The number of alkyl halides is 2. The van der Waals surface area contributed by atoms with E-state index in [0.29, 0.717) is 5.56 Å². The van der Waals surface area contributed by atoms with Crippen LogP contribution >= 0.6 is 15.9 Å². The van der Waals surface area contributed by atoms with E-state index in [9.17, 15) is 22.0 Å². The highest BCUT2D eigenvalue weighted by Crippen LogP contribution is 2.42. The fraction of sp³-hybridized carbons (Fsp3) is 0.182. The van der Waals surface area contributed by atoms with Gasteiger partial charge < -0.3 is 4.90 Å². The summed E-state index contributed by atoms with van der Waals surface area (Å²) in [6.45, 7) is 6.51. The van der Waals surface area contributed by atoms with E-state index in [-0.39, 0.29) is 21.4 Å². The third-order valence-electron chi connectivity index (χ3n) is 4.05. The summed E-state index contributed by atoms with van der Waals surface area (Å²) in [6.07, 6.45) is -1.82. The van der Waals surface area contributed by atoms with Crippen molar-refractivity contribution in [3.63, 3.8) is 0 Å². The summed E-state index contributed by atoms with van der Waals surface area (Å²) in [6, 6.07) is 10.3. The second-order valence-corrected chi connectivity index (χ2v) is 6.73. The van der Waals surface area contributed by atoms with Crippen LogP contribution in [0.5, 0.6) is 0 Å².